The van der Waals surface area contributed by atoms with Crippen LogP contribution in [-0.4, -0.2) is 19.2 Å². The standard InChI is InChI=1S/C24H18BrNO3S/c1-16-6-12-20(13-7-16)30(28,29)23(24(27)17-8-10-19(25)11-9-17)14-18-15-26-22-5-3-2-4-21(18)22/h2-15,26H,1H3/b23-14+. The lowest BCUT2D eigenvalue weighted by Crippen LogP contribution is -2.14. The summed E-state index contributed by atoms with van der Waals surface area (Å²) in [4.78, 5) is 16.3. The molecule has 150 valence electrons. The first-order valence-electron chi connectivity index (χ1n) is 9.26. The van der Waals surface area contributed by atoms with Gasteiger partial charge in [-0.1, -0.05) is 51.8 Å². The number of benzene rings is 3. The van der Waals surface area contributed by atoms with Gasteiger partial charge in [0.05, 0.1) is 4.90 Å². The van der Waals surface area contributed by atoms with Crippen LogP contribution in [0.3, 0.4) is 0 Å². The molecule has 30 heavy (non-hydrogen) atoms. The zero-order valence-electron chi connectivity index (χ0n) is 16.1. The number of carbonyl (C=O) groups excluding carboxylic acids is 1. The van der Waals surface area contributed by atoms with Gasteiger partial charge in [0, 0.05) is 32.7 Å². The molecule has 1 heterocycles. The number of para-hydroxylation sites is 1. The molecule has 4 rings (SSSR count). The van der Waals surface area contributed by atoms with Gasteiger partial charge in [-0.05, 0) is 55.5 Å². The lowest BCUT2D eigenvalue weighted by atomic mass is 10.1. The SMILES string of the molecule is Cc1ccc(S(=O)(=O)/C(=C/c2c[nH]c3ccccc23)C(=O)c2ccc(Br)cc2)cc1. The van der Waals surface area contributed by atoms with Crippen molar-refractivity contribution >= 4 is 48.5 Å². The molecule has 0 radical (unpaired) electrons. The predicted octanol–water partition coefficient (Wildman–Crippen LogP) is 5.94. The summed E-state index contributed by atoms with van der Waals surface area (Å²) < 4.78 is 27.8. The highest BCUT2D eigenvalue weighted by atomic mass is 79.9. The summed E-state index contributed by atoms with van der Waals surface area (Å²) >= 11 is 3.34. The molecule has 4 aromatic rings. The maximum atomic E-state index is 13.5. The van der Waals surface area contributed by atoms with E-state index in [1.54, 1.807) is 42.6 Å². The molecule has 0 fully saturated rings. The molecular formula is C24H18BrNO3S. The summed E-state index contributed by atoms with van der Waals surface area (Å²) in [5.41, 5.74) is 2.75. The highest BCUT2D eigenvalue weighted by Gasteiger charge is 2.28. The summed E-state index contributed by atoms with van der Waals surface area (Å²) in [5.74, 6) is -0.548. The summed E-state index contributed by atoms with van der Waals surface area (Å²) in [6.45, 7) is 1.88. The molecule has 6 heteroatoms. The minimum Gasteiger partial charge on any atom is -0.361 e. The van der Waals surface area contributed by atoms with Gasteiger partial charge in [-0.3, -0.25) is 4.79 Å². The topological polar surface area (TPSA) is 67.0 Å². The fraction of sp³-hybridized carbons (Fsp3) is 0.0417. The van der Waals surface area contributed by atoms with Gasteiger partial charge in [0.1, 0.15) is 4.91 Å². The molecule has 0 bridgehead atoms. The van der Waals surface area contributed by atoms with E-state index in [1.165, 1.54) is 18.2 Å². The van der Waals surface area contributed by atoms with E-state index in [2.05, 4.69) is 20.9 Å². The lowest BCUT2D eigenvalue weighted by Gasteiger charge is -2.10. The van der Waals surface area contributed by atoms with Crippen LogP contribution >= 0.6 is 15.9 Å². The molecule has 0 spiro atoms. The fourth-order valence-electron chi connectivity index (χ4n) is 3.21. The van der Waals surface area contributed by atoms with Crippen LogP contribution in [0.2, 0.25) is 0 Å². The number of aryl methyl sites for hydroxylation is 1. The van der Waals surface area contributed by atoms with E-state index in [4.69, 9.17) is 0 Å². The second kappa shape index (κ2) is 8.05. The molecule has 1 N–H and O–H groups in total. The number of hydrogen-bond acceptors (Lipinski definition) is 3. The summed E-state index contributed by atoms with van der Waals surface area (Å²) in [6, 6.07) is 20.7. The molecule has 0 aliphatic heterocycles. The normalized spacial score (nSPS) is 12.3. The van der Waals surface area contributed by atoms with Crippen LogP contribution in [0, 0.1) is 6.92 Å². The molecule has 0 atom stereocenters. The van der Waals surface area contributed by atoms with Crippen molar-refractivity contribution in [3.63, 3.8) is 0 Å². The monoisotopic (exact) mass is 479 g/mol. The fourth-order valence-corrected chi connectivity index (χ4v) is 4.86. The van der Waals surface area contributed by atoms with E-state index < -0.39 is 15.6 Å². The Morgan fingerprint density at radius 1 is 0.933 bits per heavy atom. The zero-order valence-corrected chi connectivity index (χ0v) is 18.5. The van der Waals surface area contributed by atoms with Crippen molar-refractivity contribution in [2.24, 2.45) is 0 Å². The molecule has 3 aromatic carbocycles. The van der Waals surface area contributed by atoms with Crippen molar-refractivity contribution in [2.45, 2.75) is 11.8 Å². The van der Waals surface area contributed by atoms with E-state index in [0.717, 1.165) is 20.9 Å². The van der Waals surface area contributed by atoms with Crippen LogP contribution in [0.15, 0.2) is 93.3 Å². The van der Waals surface area contributed by atoms with Crippen LogP contribution < -0.4 is 0 Å². The van der Waals surface area contributed by atoms with Crippen LogP contribution in [0.5, 0.6) is 0 Å². The van der Waals surface area contributed by atoms with Gasteiger partial charge in [-0.2, -0.15) is 0 Å². The Hall–Kier alpha value is -2.96. The lowest BCUT2D eigenvalue weighted by molar-refractivity contribution is 0.104. The number of aromatic amines is 1. The molecule has 0 amide bonds. The molecule has 4 nitrogen and oxygen atoms in total. The Morgan fingerprint density at radius 3 is 2.30 bits per heavy atom. The van der Waals surface area contributed by atoms with Crippen LogP contribution in [0.4, 0.5) is 0 Å². The molecule has 1 aromatic heterocycles. The summed E-state index contributed by atoms with van der Waals surface area (Å²) in [5, 5.41) is 0.845. The van der Waals surface area contributed by atoms with Crippen molar-refractivity contribution in [1.29, 1.82) is 0 Å². The number of carbonyl (C=O) groups is 1. The second-order valence-electron chi connectivity index (χ2n) is 6.95. The number of allylic oxidation sites excluding steroid dienone is 1. The smallest absolute Gasteiger partial charge is 0.210 e. The minimum atomic E-state index is -4.03. The average molecular weight is 480 g/mol. The van der Waals surface area contributed by atoms with Crippen LogP contribution in [0.25, 0.3) is 17.0 Å². The number of aromatic nitrogens is 1. The first-order chi connectivity index (χ1) is 14.4. The van der Waals surface area contributed by atoms with Gasteiger partial charge in [-0.25, -0.2) is 8.42 Å². The molecule has 0 aliphatic rings. The second-order valence-corrected chi connectivity index (χ2v) is 9.78. The van der Waals surface area contributed by atoms with Crippen molar-refractivity contribution in [2.75, 3.05) is 0 Å². The number of halogens is 1. The van der Waals surface area contributed by atoms with Gasteiger partial charge in [0.15, 0.2) is 0 Å². The van der Waals surface area contributed by atoms with Crippen LogP contribution in [0.1, 0.15) is 21.5 Å². The highest BCUT2D eigenvalue weighted by molar-refractivity contribution is 9.10. The van der Waals surface area contributed by atoms with E-state index in [-0.39, 0.29) is 9.80 Å². The van der Waals surface area contributed by atoms with Crippen LogP contribution in [-0.2, 0) is 9.84 Å². The molecular weight excluding hydrogens is 462 g/mol. The van der Waals surface area contributed by atoms with E-state index in [9.17, 15) is 13.2 Å². The largest absolute Gasteiger partial charge is 0.361 e. The summed E-state index contributed by atoms with van der Waals surface area (Å²) in [7, 11) is -4.03. The number of fused-ring (bicyclic) bond motifs is 1. The highest BCUT2D eigenvalue weighted by Crippen LogP contribution is 2.28. The molecule has 0 saturated carbocycles. The Bertz CT molecular complexity index is 1370. The number of rotatable bonds is 5. The van der Waals surface area contributed by atoms with Crippen molar-refractivity contribution < 1.29 is 13.2 Å². The van der Waals surface area contributed by atoms with Gasteiger partial charge in [-0.15, -0.1) is 0 Å². The van der Waals surface area contributed by atoms with Crippen molar-refractivity contribution in [3.8, 4) is 0 Å². The Morgan fingerprint density at radius 2 is 1.60 bits per heavy atom. The average Bonchev–Trinajstić information content (AvgIpc) is 3.15. The maximum absolute atomic E-state index is 13.5. The van der Waals surface area contributed by atoms with Gasteiger partial charge < -0.3 is 4.98 Å². The van der Waals surface area contributed by atoms with Crippen molar-refractivity contribution in [3.05, 3.63) is 105 Å². The third-order valence-corrected chi connectivity index (χ3v) is 7.16. The van der Waals surface area contributed by atoms with E-state index in [0.29, 0.717) is 11.1 Å². The maximum Gasteiger partial charge on any atom is 0.210 e. The number of H-pyrrole nitrogens is 1. The van der Waals surface area contributed by atoms with E-state index >= 15 is 0 Å². The molecule has 0 saturated heterocycles. The Labute approximate surface area is 183 Å². The first kappa shape index (κ1) is 20.3. The number of Topliss-reactive ketones (excluding diaryl/α,β-unsaturated/α-hetero) is 1. The van der Waals surface area contributed by atoms with Gasteiger partial charge >= 0.3 is 0 Å². The number of ketones is 1. The first-order valence-corrected chi connectivity index (χ1v) is 11.5. The van der Waals surface area contributed by atoms with Gasteiger partial charge in [0.25, 0.3) is 0 Å². The molecule has 0 unspecified atom stereocenters. The van der Waals surface area contributed by atoms with Gasteiger partial charge in [0.2, 0.25) is 15.6 Å². The Balaban J connectivity index is 1.91. The zero-order chi connectivity index (χ0) is 21.3. The quantitative estimate of drug-likeness (QED) is 0.284. The summed E-state index contributed by atoms with van der Waals surface area (Å²) in [6.07, 6.45) is 3.17. The third-order valence-electron chi connectivity index (χ3n) is 4.86. The number of hydrogen-bond donors (Lipinski definition) is 1. The number of nitrogens with one attached hydrogen (secondary N) is 1. The van der Waals surface area contributed by atoms with E-state index in [1.807, 2.05) is 31.2 Å². The Kier molecular flexibility index (Phi) is 5.45. The molecule has 0 aliphatic carbocycles. The van der Waals surface area contributed by atoms with Crippen molar-refractivity contribution in [1.82, 2.24) is 4.98 Å². The third kappa shape index (κ3) is 3.88. The number of sulfone groups is 1. The minimum absolute atomic E-state index is 0.0876. The predicted molar refractivity (Wildman–Crippen MR) is 123 cm³/mol.